The summed E-state index contributed by atoms with van der Waals surface area (Å²) in [5.41, 5.74) is 2.60. The van der Waals surface area contributed by atoms with Crippen molar-refractivity contribution in [3.8, 4) is 0 Å². The van der Waals surface area contributed by atoms with Crippen molar-refractivity contribution in [2.75, 3.05) is 13.2 Å². The topological polar surface area (TPSA) is 18.5 Å². The Morgan fingerprint density at radius 2 is 1.33 bits per heavy atom. The van der Waals surface area contributed by atoms with Gasteiger partial charge < -0.3 is 9.47 Å². The van der Waals surface area contributed by atoms with Crippen LogP contribution in [0.1, 0.15) is 17.0 Å². The van der Waals surface area contributed by atoms with Crippen molar-refractivity contribution < 1.29 is 9.47 Å². The molecule has 1 fully saturated rings. The summed E-state index contributed by atoms with van der Waals surface area (Å²) < 4.78 is 11.3. The molecule has 1 aliphatic rings. The van der Waals surface area contributed by atoms with Crippen LogP contribution in [0.2, 0.25) is 0 Å². The lowest BCUT2D eigenvalue weighted by Crippen LogP contribution is -2.29. The lowest BCUT2D eigenvalue weighted by Gasteiger charge is -2.32. The van der Waals surface area contributed by atoms with E-state index in [1.165, 1.54) is 11.1 Å². The largest absolute Gasteiger partial charge is 0.465 e. The second-order valence-electron chi connectivity index (χ2n) is 5.11. The summed E-state index contributed by atoms with van der Waals surface area (Å²) in [7, 11) is 0. The van der Waals surface area contributed by atoms with Gasteiger partial charge in [0, 0.05) is 11.8 Å². The highest BCUT2D eigenvalue weighted by Gasteiger charge is 2.29. The number of hydrogen-bond donors (Lipinski definition) is 0. The quantitative estimate of drug-likeness (QED) is 0.805. The second kappa shape index (κ2) is 6.81. The smallest absolute Gasteiger partial charge is 0.286 e. The van der Waals surface area contributed by atoms with Crippen LogP contribution in [0.3, 0.4) is 0 Å². The van der Waals surface area contributed by atoms with Crippen LogP contribution in [-0.2, 0) is 9.47 Å². The van der Waals surface area contributed by atoms with E-state index in [9.17, 15) is 0 Å². The fraction of sp³-hybridized carbons (Fsp3) is 0.222. The van der Waals surface area contributed by atoms with Crippen LogP contribution in [0, 0.1) is 5.92 Å². The Balaban J connectivity index is 1.90. The Hall–Kier alpha value is -1.74. The Morgan fingerprint density at radius 1 is 0.857 bits per heavy atom. The van der Waals surface area contributed by atoms with E-state index in [2.05, 4.69) is 64.5 Å². The van der Waals surface area contributed by atoms with E-state index < -0.39 is 0 Å². The molecule has 0 atom stereocenters. The predicted molar refractivity (Wildman–Crippen MR) is 87.1 cm³/mol. The molecule has 0 bridgehead atoms. The van der Waals surface area contributed by atoms with Gasteiger partial charge in [-0.1, -0.05) is 76.6 Å². The number of rotatable bonds is 3. The van der Waals surface area contributed by atoms with Crippen molar-refractivity contribution >= 4 is 15.9 Å². The maximum atomic E-state index is 5.66. The van der Waals surface area contributed by atoms with Gasteiger partial charge in [-0.15, -0.1) is 0 Å². The molecule has 0 aliphatic carbocycles. The highest BCUT2D eigenvalue weighted by atomic mass is 79.9. The monoisotopic (exact) mass is 344 g/mol. The standard InChI is InChI=1S/C18H17BrO2/c19-11-17-20-12-16(13-21-17)18(14-7-3-1-4-8-14)15-9-5-2-6-10-15/h1-11,16,18H,12-13H2. The highest BCUT2D eigenvalue weighted by Crippen LogP contribution is 2.35. The van der Waals surface area contributed by atoms with E-state index >= 15 is 0 Å². The van der Waals surface area contributed by atoms with Crippen LogP contribution in [-0.4, -0.2) is 13.2 Å². The number of ether oxygens (including phenoxy) is 2. The minimum atomic E-state index is 0.282. The lowest BCUT2D eigenvalue weighted by atomic mass is 9.81. The van der Waals surface area contributed by atoms with Gasteiger partial charge in [-0.3, -0.25) is 0 Å². The van der Waals surface area contributed by atoms with E-state index in [0.717, 1.165) is 0 Å². The molecule has 3 heteroatoms. The number of halogens is 1. The summed E-state index contributed by atoms with van der Waals surface area (Å²) in [6.45, 7) is 1.32. The van der Waals surface area contributed by atoms with Crippen LogP contribution in [0.15, 0.2) is 71.6 Å². The maximum Gasteiger partial charge on any atom is 0.286 e. The summed E-state index contributed by atoms with van der Waals surface area (Å²) in [5, 5.41) is 0. The zero-order valence-corrected chi connectivity index (χ0v) is 13.2. The lowest BCUT2D eigenvalue weighted by molar-refractivity contribution is -0.0534. The van der Waals surface area contributed by atoms with Crippen molar-refractivity contribution in [1.29, 1.82) is 0 Å². The van der Waals surface area contributed by atoms with E-state index in [1.54, 1.807) is 4.99 Å². The molecule has 2 aromatic carbocycles. The molecule has 0 unspecified atom stereocenters. The molecule has 3 rings (SSSR count). The van der Waals surface area contributed by atoms with Crippen LogP contribution in [0.25, 0.3) is 0 Å². The molecule has 0 aromatic heterocycles. The fourth-order valence-corrected chi connectivity index (χ4v) is 3.05. The third kappa shape index (κ3) is 3.30. The van der Waals surface area contributed by atoms with Gasteiger partial charge in [-0.2, -0.15) is 0 Å². The molecule has 21 heavy (non-hydrogen) atoms. The fourth-order valence-electron chi connectivity index (χ4n) is 2.78. The van der Waals surface area contributed by atoms with Gasteiger partial charge in [-0.05, 0) is 11.1 Å². The van der Waals surface area contributed by atoms with Crippen molar-refractivity contribution in [2.45, 2.75) is 5.92 Å². The zero-order valence-electron chi connectivity index (χ0n) is 11.6. The van der Waals surface area contributed by atoms with Crippen molar-refractivity contribution in [3.05, 3.63) is 82.7 Å². The van der Waals surface area contributed by atoms with Crippen molar-refractivity contribution in [3.63, 3.8) is 0 Å². The summed E-state index contributed by atoms with van der Waals surface area (Å²) in [6.07, 6.45) is 0. The Labute approximate surface area is 133 Å². The number of benzene rings is 2. The van der Waals surface area contributed by atoms with Crippen molar-refractivity contribution in [2.24, 2.45) is 5.92 Å². The minimum Gasteiger partial charge on any atom is -0.465 e. The van der Waals surface area contributed by atoms with E-state index in [0.29, 0.717) is 25.1 Å². The summed E-state index contributed by atoms with van der Waals surface area (Å²) in [5.74, 6) is 1.14. The third-order valence-electron chi connectivity index (χ3n) is 3.76. The predicted octanol–water partition coefficient (Wildman–Crippen LogP) is 4.68. The molecule has 1 heterocycles. The van der Waals surface area contributed by atoms with Gasteiger partial charge in [0.15, 0.2) is 0 Å². The van der Waals surface area contributed by atoms with E-state index in [-0.39, 0.29) is 5.92 Å². The highest BCUT2D eigenvalue weighted by molar-refractivity contribution is 9.11. The van der Waals surface area contributed by atoms with Crippen LogP contribution >= 0.6 is 15.9 Å². The molecular weight excluding hydrogens is 328 g/mol. The minimum absolute atomic E-state index is 0.282. The average Bonchev–Trinajstić information content (AvgIpc) is 2.58. The van der Waals surface area contributed by atoms with Gasteiger partial charge >= 0.3 is 0 Å². The van der Waals surface area contributed by atoms with Crippen LogP contribution < -0.4 is 0 Å². The van der Waals surface area contributed by atoms with Gasteiger partial charge in [-0.25, -0.2) is 0 Å². The number of hydrogen-bond acceptors (Lipinski definition) is 2. The van der Waals surface area contributed by atoms with Gasteiger partial charge in [0.2, 0.25) is 0 Å². The van der Waals surface area contributed by atoms with E-state index in [1.807, 2.05) is 12.1 Å². The SMILES string of the molecule is BrC=C1OCC(C(c2ccccc2)c2ccccc2)CO1. The zero-order chi connectivity index (χ0) is 14.5. The van der Waals surface area contributed by atoms with Gasteiger partial charge in [0.1, 0.15) is 0 Å². The van der Waals surface area contributed by atoms with Crippen LogP contribution in [0.5, 0.6) is 0 Å². The summed E-state index contributed by atoms with van der Waals surface area (Å²) in [6, 6.07) is 21.1. The van der Waals surface area contributed by atoms with Gasteiger partial charge in [0.05, 0.1) is 18.2 Å². The molecule has 1 aliphatic heterocycles. The molecule has 0 radical (unpaired) electrons. The molecule has 1 saturated heterocycles. The maximum absolute atomic E-state index is 5.66. The Kier molecular flexibility index (Phi) is 4.61. The molecule has 0 saturated carbocycles. The van der Waals surface area contributed by atoms with Crippen molar-refractivity contribution in [1.82, 2.24) is 0 Å². The van der Waals surface area contributed by atoms with E-state index in [4.69, 9.17) is 9.47 Å². The molecule has 0 N–H and O–H groups in total. The normalized spacial score (nSPS) is 18.0. The Morgan fingerprint density at radius 3 is 1.76 bits per heavy atom. The average molecular weight is 345 g/mol. The molecule has 108 valence electrons. The second-order valence-corrected chi connectivity index (χ2v) is 5.57. The first-order chi connectivity index (χ1) is 10.4. The molecular formula is C18H17BrO2. The first kappa shape index (κ1) is 14.2. The van der Waals surface area contributed by atoms with Gasteiger partial charge in [0.25, 0.3) is 5.95 Å². The molecule has 2 aromatic rings. The molecule has 0 spiro atoms. The summed E-state index contributed by atoms with van der Waals surface area (Å²) >= 11 is 3.25. The summed E-state index contributed by atoms with van der Waals surface area (Å²) in [4.78, 5) is 1.68. The van der Waals surface area contributed by atoms with Crippen LogP contribution in [0.4, 0.5) is 0 Å². The Bertz CT molecular complexity index is 546. The third-order valence-corrected chi connectivity index (χ3v) is 4.13. The molecule has 2 nitrogen and oxygen atoms in total. The first-order valence-electron chi connectivity index (χ1n) is 7.04. The first-order valence-corrected chi connectivity index (χ1v) is 7.96. The molecule has 0 amide bonds.